The summed E-state index contributed by atoms with van der Waals surface area (Å²) in [5.74, 6) is 2.09. The van der Waals surface area contributed by atoms with Crippen molar-refractivity contribution in [1.29, 1.82) is 0 Å². The molecule has 17 heavy (non-hydrogen) atoms. The van der Waals surface area contributed by atoms with Gasteiger partial charge < -0.3 is 0 Å². The Labute approximate surface area is 103 Å². The van der Waals surface area contributed by atoms with Crippen molar-refractivity contribution < 1.29 is 4.79 Å². The quantitative estimate of drug-likeness (QED) is 0.778. The number of rotatable bonds is 3. The van der Waals surface area contributed by atoms with E-state index < -0.39 is 0 Å². The molecule has 1 fully saturated rings. The number of pyridine rings is 1. The lowest BCUT2D eigenvalue weighted by Gasteiger charge is -2.02. The van der Waals surface area contributed by atoms with Gasteiger partial charge in [-0.2, -0.15) is 16.9 Å². The van der Waals surface area contributed by atoms with Crippen LogP contribution in [0.15, 0.2) is 18.2 Å². The molecule has 2 aromatic rings. The van der Waals surface area contributed by atoms with Gasteiger partial charge in [-0.25, -0.2) is 9.50 Å². The molecule has 0 saturated carbocycles. The van der Waals surface area contributed by atoms with Crippen molar-refractivity contribution in [3.8, 4) is 0 Å². The molecule has 0 amide bonds. The molecule has 5 heteroatoms. The number of carbonyl (C=O) groups is 1. The van der Waals surface area contributed by atoms with Crippen LogP contribution in [0.25, 0.3) is 5.65 Å². The van der Waals surface area contributed by atoms with E-state index >= 15 is 0 Å². The summed E-state index contributed by atoms with van der Waals surface area (Å²) < 4.78 is 1.63. The lowest BCUT2D eigenvalue weighted by atomic mass is 10.2. The minimum Gasteiger partial charge on any atom is -0.296 e. The first-order valence-electron chi connectivity index (χ1n) is 5.78. The zero-order valence-electron chi connectivity index (χ0n) is 9.37. The van der Waals surface area contributed by atoms with Crippen LogP contribution < -0.4 is 0 Å². The summed E-state index contributed by atoms with van der Waals surface area (Å²) >= 11 is 2.00. The zero-order chi connectivity index (χ0) is 11.7. The Kier molecular flexibility index (Phi) is 2.84. The Morgan fingerprint density at radius 3 is 3.24 bits per heavy atom. The van der Waals surface area contributed by atoms with Crippen LogP contribution in [0.4, 0.5) is 0 Å². The van der Waals surface area contributed by atoms with E-state index in [1.807, 2.05) is 23.9 Å². The maximum atomic E-state index is 10.9. The first kappa shape index (κ1) is 10.8. The van der Waals surface area contributed by atoms with Crippen molar-refractivity contribution in [2.24, 2.45) is 0 Å². The number of hydrogen-bond acceptors (Lipinski definition) is 4. The highest BCUT2D eigenvalue weighted by Crippen LogP contribution is 2.28. The van der Waals surface area contributed by atoms with E-state index in [1.54, 1.807) is 10.6 Å². The first-order valence-corrected chi connectivity index (χ1v) is 6.83. The Hall–Kier alpha value is -1.36. The molecule has 0 N–H and O–H groups in total. The lowest BCUT2D eigenvalue weighted by molar-refractivity contribution is 0.111. The van der Waals surface area contributed by atoms with Gasteiger partial charge >= 0.3 is 0 Å². The molecule has 0 bridgehead atoms. The Balaban J connectivity index is 1.92. The fraction of sp³-hybridized carbons (Fsp3) is 0.417. The van der Waals surface area contributed by atoms with Gasteiger partial charge in [-0.15, -0.1) is 0 Å². The van der Waals surface area contributed by atoms with E-state index in [4.69, 9.17) is 0 Å². The molecule has 1 saturated heterocycles. The standard InChI is InChI=1S/C12H13N3OS/c16-8-9-3-1-5-12-13-11(14-15(9)12)7-10-4-2-6-17-10/h1,3,5,8,10H,2,4,6-7H2. The van der Waals surface area contributed by atoms with Gasteiger partial charge in [0.2, 0.25) is 0 Å². The third-order valence-electron chi connectivity index (χ3n) is 2.99. The second kappa shape index (κ2) is 4.49. The molecule has 0 aromatic carbocycles. The van der Waals surface area contributed by atoms with Crippen LogP contribution >= 0.6 is 11.8 Å². The highest BCUT2D eigenvalue weighted by Gasteiger charge is 2.18. The number of nitrogens with zero attached hydrogens (tertiary/aromatic N) is 3. The molecule has 2 aromatic heterocycles. The van der Waals surface area contributed by atoms with E-state index in [-0.39, 0.29) is 0 Å². The van der Waals surface area contributed by atoms with Gasteiger partial charge in [0.15, 0.2) is 17.8 Å². The van der Waals surface area contributed by atoms with Crippen LogP contribution in [0.1, 0.15) is 29.2 Å². The molecule has 1 unspecified atom stereocenters. The van der Waals surface area contributed by atoms with Crippen molar-refractivity contribution >= 4 is 23.7 Å². The van der Waals surface area contributed by atoms with Crippen molar-refractivity contribution in [3.05, 3.63) is 29.7 Å². The molecular formula is C12H13N3OS. The van der Waals surface area contributed by atoms with Gasteiger partial charge in [0.05, 0.1) is 0 Å². The monoisotopic (exact) mass is 247 g/mol. The Morgan fingerprint density at radius 1 is 1.53 bits per heavy atom. The number of thioether (sulfide) groups is 1. The topological polar surface area (TPSA) is 47.3 Å². The molecule has 1 aliphatic heterocycles. The average Bonchev–Trinajstić information content (AvgIpc) is 2.97. The summed E-state index contributed by atoms with van der Waals surface area (Å²) in [6, 6.07) is 5.47. The molecule has 1 atom stereocenters. The molecule has 3 rings (SSSR count). The zero-order valence-corrected chi connectivity index (χ0v) is 10.2. The van der Waals surface area contributed by atoms with Crippen LogP contribution in [0.2, 0.25) is 0 Å². The normalized spacial score (nSPS) is 19.9. The third-order valence-corrected chi connectivity index (χ3v) is 4.39. The summed E-state index contributed by atoms with van der Waals surface area (Å²) in [4.78, 5) is 15.3. The highest BCUT2D eigenvalue weighted by molar-refractivity contribution is 8.00. The fourth-order valence-corrected chi connectivity index (χ4v) is 3.42. The lowest BCUT2D eigenvalue weighted by Crippen LogP contribution is -2.04. The van der Waals surface area contributed by atoms with E-state index in [0.717, 1.165) is 24.2 Å². The highest BCUT2D eigenvalue weighted by atomic mass is 32.2. The Bertz CT molecular complexity index is 546. The van der Waals surface area contributed by atoms with Crippen molar-refractivity contribution in [3.63, 3.8) is 0 Å². The number of aldehydes is 1. The van der Waals surface area contributed by atoms with Gasteiger partial charge in [-0.1, -0.05) is 6.07 Å². The van der Waals surface area contributed by atoms with Crippen LogP contribution in [0.5, 0.6) is 0 Å². The van der Waals surface area contributed by atoms with Gasteiger partial charge in [0.25, 0.3) is 0 Å². The molecule has 0 radical (unpaired) electrons. The minimum absolute atomic E-state index is 0.556. The summed E-state index contributed by atoms with van der Waals surface area (Å²) in [5.41, 5.74) is 1.31. The van der Waals surface area contributed by atoms with Crippen LogP contribution in [0.3, 0.4) is 0 Å². The predicted molar refractivity (Wildman–Crippen MR) is 67.6 cm³/mol. The van der Waals surface area contributed by atoms with Crippen LogP contribution in [-0.2, 0) is 6.42 Å². The van der Waals surface area contributed by atoms with E-state index in [2.05, 4.69) is 10.1 Å². The average molecular weight is 247 g/mol. The second-order valence-electron chi connectivity index (χ2n) is 4.21. The fourth-order valence-electron chi connectivity index (χ4n) is 2.15. The summed E-state index contributed by atoms with van der Waals surface area (Å²) in [6.07, 6.45) is 4.27. The second-order valence-corrected chi connectivity index (χ2v) is 5.61. The van der Waals surface area contributed by atoms with Crippen molar-refractivity contribution in [2.45, 2.75) is 24.5 Å². The van der Waals surface area contributed by atoms with Crippen molar-refractivity contribution in [1.82, 2.24) is 14.6 Å². The maximum Gasteiger partial charge on any atom is 0.168 e. The first-order chi connectivity index (χ1) is 8.36. The summed E-state index contributed by atoms with van der Waals surface area (Å²) in [7, 11) is 0. The SMILES string of the molecule is O=Cc1cccc2nc(CC3CCCS3)nn12. The molecular weight excluding hydrogens is 234 g/mol. The predicted octanol–water partition coefficient (Wildman–Crippen LogP) is 1.98. The Morgan fingerprint density at radius 2 is 2.47 bits per heavy atom. The van der Waals surface area contributed by atoms with E-state index in [9.17, 15) is 4.79 Å². The number of hydrogen-bond donors (Lipinski definition) is 0. The van der Waals surface area contributed by atoms with Gasteiger partial charge in [-0.3, -0.25) is 4.79 Å². The van der Waals surface area contributed by atoms with Gasteiger partial charge in [-0.05, 0) is 30.7 Å². The molecule has 88 valence electrons. The molecule has 1 aliphatic rings. The molecule has 3 heterocycles. The van der Waals surface area contributed by atoms with Crippen molar-refractivity contribution in [2.75, 3.05) is 5.75 Å². The molecule has 0 aliphatic carbocycles. The summed E-state index contributed by atoms with van der Waals surface area (Å²) in [6.45, 7) is 0. The van der Waals surface area contributed by atoms with E-state index in [0.29, 0.717) is 10.9 Å². The van der Waals surface area contributed by atoms with Gasteiger partial charge in [0.1, 0.15) is 5.69 Å². The largest absolute Gasteiger partial charge is 0.296 e. The van der Waals surface area contributed by atoms with Crippen LogP contribution in [-0.4, -0.2) is 31.9 Å². The number of fused-ring (bicyclic) bond motifs is 1. The summed E-state index contributed by atoms with van der Waals surface area (Å²) in [5, 5.41) is 5.05. The van der Waals surface area contributed by atoms with Gasteiger partial charge in [0, 0.05) is 11.7 Å². The van der Waals surface area contributed by atoms with E-state index in [1.165, 1.54) is 18.6 Å². The number of carbonyl (C=O) groups excluding carboxylic acids is 1. The maximum absolute atomic E-state index is 10.9. The molecule has 0 spiro atoms. The number of aromatic nitrogens is 3. The minimum atomic E-state index is 0.556. The van der Waals surface area contributed by atoms with Crippen LogP contribution in [0, 0.1) is 0 Å². The molecule has 4 nitrogen and oxygen atoms in total. The smallest absolute Gasteiger partial charge is 0.168 e. The third kappa shape index (κ3) is 2.07.